The van der Waals surface area contributed by atoms with E-state index < -0.39 is 0 Å². The summed E-state index contributed by atoms with van der Waals surface area (Å²) in [6.07, 6.45) is 23.3. The number of aromatic nitrogens is 1. The Labute approximate surface area is 155 Å². The normalized spacial score (nSPS) is 34.4. The summed E-state index contributed by atoms with van der Waals surface area (Å²) in [4.78, 5) is 4.13. The lowest BCUT2D eigenvalue weighted by molar-refractivity contribution is -0.0584. The zero-order chi connectivity index (χ0) is 17.1. The number of nitrogens with zero attached hydrogens (tertiary/aromatic N) is 1. The van der Waals surface area contributed by atoms with Crippen LogP contribution in [0.2, 0.25) is 0 Å². The van der Waals surface area contributed by atoms with Crippen LogP contribution < -0.4 is 0 Å². The minimum atomic E-state index is 0.799. The molecule has 0 aliphatic heterocycles. The molecule has 0 amide bonds. The number of rotatable bonds is 9. The van der Waals surface area contributed by atoms with Crippen molar-refractivity contribution in [3.8, 4) is 0 Å². The van der Waals surface area contributed by atoms with Gasteiger partial charge in [0.1, 0.15) is 0 Å². The lowest BCUT2D eigenvalue weighted by atomic mass is 9.48. The maximum absolute atomic E-state index is 4.13. The Morgan fingerprint density at radius 1 is 0.960 bits per heavy atom. The highest BCUT2D eigenvalue weighted by atomic mass is 14.6. The molecule has 5 rings (SSSR count). The first-order chi connectivity index (χ1) is 12.2. The van der Waals surface area contributed by atoms with Crippen molar-refractivity contribution >= 4 is 0 Å². The van der Waals surface area contributed by atoms with E-state index in [9.17, 15) is 0 Å². The lowest BCUT2D eigenvalue weighted by Gasteiger charge is -2.57. The summed E-state index contributed by atoms with van der Waals surface area (Å²) in [6, 6.07) is 4.36. The van der Waals surface area contributed by atoms with Gasteiger partial charge in [-0.05, 0) is 105 Å². The van der Waals surface area contributed by atoms with Crippen LogP contribution in [0.3, 0.4) is 0 Å². The Bertz CT molecular complexity index is 499. The van der Waals surface area contributed by atoms with E-state index in [0.29, 0.717) is 0 Å². The van der Waals surface area contributed by atoms with Gasteiger partial charge in [0.15, 0.2) is 0 Å². The van der Waals surface area contributed by atoms with Crippen molar-refractivity contribution in [2.75, 3.05) is 0 Å². The van der Waals surface area contributed by atoms with E-state index >= 15 is 0 Å². The number of unbranched alkanes of at least 4 members (excludes halogenated alkanes) is 1. The second-order valence-corrected chi connectivity index (χ2v) is 9.83. The van der Waals surface area contributed by atoms with Crippen molar-refractivity contribution in [3.05, 3.63) is 30.1 Å². The lowest BCUT2D eigenvalue weighted by Crippen LogP contribution is -2.45. The quantitative estimate of drug-likeness (QED) is 0.450. The van der Waals surface area contributed by atoms with Crippen molar-refractivity contribution in [1.82, 2.24) is 4.98 Å². The molecule has 4 aliphatic rings. The first kappa shape index (κ1) is 17.6. The average molecular weight is 340 g/mol. The van der Waals surface area contributed by atoms with E-state index in [4.69, 9.17) is 0 Å². The van der Waals surface area contributed by atoms with Crippen molar-refractivity contribution in [2.24, 2.45) is 29.1 Å². The molecule has 0 saturated heterocycles. The van der Waals surface area contributed by atoms with Gasteiger partial charge < -0.3 is 0 Å². The summed E-state index contributed by atoms with van der Waals surface area (Å²) >= 11 is 0. The van der Waals surface area contributed by atoms with Gasteiger partial charge >= 0.3 is 0 Å². The molecule has 1 heterocycles. The molecule has 0 N–H and O–H groups in total. The third kappa shape index (κ3) is 4.29. The van der Waals surface area contributed by atoms with Gasteiger partial charge in [0, 0.05) is 12.4 Å². The maximum atomic E-state index is 4.13. The average Bonchev–Trinajstić information content (AvgIpc) is 2.61. The monoisotopic (exact) mass is 339 g/mol. The minimum Gasteiger partial charge on any atom is -0.265 e. The van der Waals surface area contributed by atoms with Gasteiger partial charge in [-0.25, -0.2) is 0 Å². The first-order valence-corrected chi connectivity index (χ1v) is 11.1. The molecule has 25 heavy (non-hydrogen) atoms. The van der Waals surface area contributed by atoms with E-state index in [1.54, 1.807) is 44.9 Å². The van der Waals surface area contributed by atoms with Crippen molar-refractivity contribution in [2.45, 2.75) is 90.4 Å². The zero-order valence-electron chi connectivity index (χ0n) is 16.3. The molecule has 4 aliphatic carbocycles. The molecule has 1 heteroatoms. The summed E-state index contributed by atoms with van der Waals surface area (Å²) in [5.74, 6) is 4.28. The predicted octanol–water partition coefficient (Wildman–Crippen LogP) is 6.82. The molecule has 1 unspecified atom stereocenters. The second-order valence-electron chi connectivity index (χ2n) is 9.83. The fourth-order valence-electron chi connectivity index (χ4n) is 7.00. The van der Waals surface area contributed by atoms with Crippen LogP contribution in [-0.2, 0) is 6.42 Å². The Kier molecular flexibility index (Phi) is 5.48. The van der Waals surface area contributed by atoms with E-state index in [-0.39, 0.29) is 0 Å². The molecule has 4 bridgehead atoms. The summed E-state index contributed by atoms with van der Waals surface area (Å²) in [6.45, 7) is 2.39. The SMILES string of the molecule is CCC(CCCCC12CC3CC(CC(C3)C1)C2)CCc1ccncc1. The third-order valence-electron chi connectivity index (χ3n) is 7.90. The molecular formula is C24H37N. The molecule has 4 fully saturated rings. The van der Waals surface area contributed by atoms with Gasteiger partial charge in [-0.1, -0.05) is 32.6 Å². The first-order valence-electron chi connectivity index (χ1n) is 11.1. The topological polar surface area (TPSA) is 12.9 Å². The van der Waals surface area contributed by atoms with Crippen molar-refractivity contribution in [3.63, 3.8) is 0 Å². The Morgan fingerprint density at radius 2 is 1.60 bits per heavy atom. The molecule has 1 nitrogen and oxygen atoms in total. The fraction of sp³-hybridized carbons (Fsp3) is 0.792. The van der Waals surface area contributed by atoms with E-state index in [2.05, 4.69) is 24.0 Å². The molecule has 138 valence electrons. The molecule has 1 atom stereocenters. The third-order valence-corrected chi connectivity index (χ3v) is 7.90. The van der Waals surface area contributed by atoms with E-state index in [0.717, 1.165) is 29.1 Å². The van der Waals surface area contributed by atoms with Crippen LogP contribution in [0.15, 0.2) is 24.5 Å². The number of pyridine rings is 1. The highest BCUT2D eigenvalue weighted by molar-refractivity contribution is 5.09. The number of aryl methyl sites for hydroxylation is 1. The van der Waals surface area contributed by atoms with Crippen LogP contribution in [0.5, 0.6) is 0 Å². The van der Waals surface area contributed by atoms with Crippen LogP contribution in [0.4, 0.5) is 0 Å². The zero-order valence-corrected chi connectivity index (χ0v) is 16.3. The standard InChI is InChI=1S/C24H37N/c1-2-19(6-7-20-8-11-25-12-9-20)5-3-4-10-24-16-21-13-22(17-24)15-23(14-21)18-24/h8-9,11-12,19,21-23H,2-7,10,13-18H2,1H3. The minimum absolute atomic E-state index is 0.799. The van der Waals surface area contributed by atoms with E-state index in [1.807, 2.05) is 12.4 Å². The van der Waals surface area contributed by atoms with Crippen LogP contribution in [0, 0.1) is 29.1 Å². The Morgan fingerprint density at radius 3 is 2.20 bits per heavy atom. The summed E-state index contributed by atoms with van der Waals surface area (Å²) in [7, 11) is 0. The molecule has 1 aromatic heterocycles. The molecule has 1 aromatic rings. The van der Waals surface area contributed by atoms with Crippen molar-refractivity contribution < 1.29 is 0 Å². The van der Waals surface area contributed by atoms with Crippen molar-refractivity contribution in [1.29, 1.82) is 0 Å². The Balaban J connectivity index is 1.18. The number of hydrogen-bond acceptors (Lipinski definition) is 1. The van der Waals surface area contributed by atoms with Gasteiger partial charge in [-0.15, -0.1) is 0 Å². The summed E-state index contributed by atoms with van der Waals surface area (Å²) in [5.41, 5.74) is 2.26. The predicted molar refractivity (Wildman–Crippen MR) is 105 cm³/mol. The van der Waals surface area contributed by atoms with Crippen LogP contribution >= 0.6 is 0 Å². The molecule has 4 saturated carbocycles. The van der Waals surface area contributed by atoms with Crippen LogP contribution in [0.25, 0.3) is 0 Å². The molecule has 0 spiro atoms. The van der Waals surface area contributed by atoms with Gasteiger partial charge in [-0.3, -0.25) is 4.98 Å². The van der Waals surface area contributed by atoms with Gasteiger partial charge in [-0.2, -0.15) is 0 Å². The smallest absolute Gasteiger partial charge is 0.0270 e. The summed E-state index contributed by atoms with van der Waals surface area (Å²) in [5, 5.41) is 0. The van der Waals surface area contributed by atoms with E-state index in [1.165, 1.54) is 44.1 Å². The van der Waals surface area contributed by atoms with Gasteiger partial charge in [0.05, 0.1) is 0 Å². The Hall–Kier alpha value is -0.850. The summed E-state index contributed by atoms with van der Waals surface area (Å²) < 4.78 is 0. The fourth-order valence-corrected chi connectivity index (χ4v) is 7.00. The molecule has 0 radical (unpaired) electrons. The highest BCUT2D eigenvalue weighted by Crippen LogP contribution is 2.61. The maximum Gasteiger partial charge on any atom is 0.0270 e. The van der Waals surface area contributed by atoms with Gasteiger partial charge in [0.25, 0.3) is 0 Å². The van der Waals surface area contributed by atoms with Crippen LogP contribution in [-0.4, -0.2) is 4.98 Å². The second kappa shape index (κ2) is 7.80. The number of hydrogen-bond donors (Lipinski definition) is 0. The van der Waals surface area contributed by atoms with Gasteiger partial charge in [0.2, 0.25) is 0 Å². The molecule has 0 aromatic carbocycles. The highest BCUT2D eigenvalue weighted by Gasteiger charge is 2.50. The largest absolute Gasteiger partial charge is 0.265 e. The van der Waals surface area contributed by atoms with Crippen LogP contribution in [0.1, 0.15) is 89.5 Å². The molecular weight excluding hydrogens is 302 g/mol.